The van der Waals surface area contributed by atoms with Crippen molar-refractivity contribution in [3.63, 3.8) is 0 Å². The Morgan fingerprint density at radius 1 is 1.47 bits per heavy atom. The van der Waals surface area contributed by atoms with Crippen LogP contribution >= 0.6 is 0 Å². The summed E-state index contributed by atoms with van der Waals surface area (Å²) < 4.78 is 1.66. The van der Waals surface area contributed by atoms with Gasteiger partial charge in [0.1, 0.15) is 0 Å². The zero-order valence-corrected chi connectivity index (χ0v) is 11.5. The fourth-order valence-corrected chi connectivity index (χ4v) is 2.27. The van der Waals surface area contributed by atoms with Gasteiger partial charge in [-0.25, -0.2) is 9.48 Å². The van der Waals surface area contributed by atoms with Crippen molar-refractivity contribution in [2.75, 3.05) is 39.3 Å². The average Bonchev–Trinajstić information content (AvgIpc) is 2.81. The molecule has 0 spiro atoms. The Kier molecular flexibility index (Phi) is 4.49. The molecule has 1 aliphatic rings. The summed E-state index contributed by atoms with van der Waals surface area (Å²) in [6, 6.07) is 0.261. The monoisotopic (exact) mass is 267 g/mol. The number of carboxylic acids is 1. The lowest BCUT2D eigenvalue weighted by atomic mass is 10.1. The maximum atomic E-state index is 10.7. The molecule has 19 heavy (non-hydrogen) atoms. The number of likely N-dealkylation sites (tertiary alicyclic amines) is 1. The lowest BCUT2D eigenvalue weighted by Gasteiger charge is -2.39. The van der Waals surface area contributed by atoms with Crippen LogP contribution in [0.5, 0.6) is 0 Å². The average molecular weight is 267 g/mol. The van der Waals surface area contributed by atoms with Crippen molar-refractivity contribution in [3.8, 4) is 0 Å². The number of hydrogen-bond acceptors (Lipinski definition) is 5. The van der Waals surface area contributed by atoms with E-state index in [2.05, 4.69) is 34.0 Å². The Hall–Kier alpha value is -1.47. The predicted octanol–water partition coefficient (Wildman–Crippen LogP) is 0.175. The number of hydrogen-bond donors (Lipinski definition) is 1. The number of carboxylic acid groups (broad SMARTS) is 1. The summed E-state index contributed by atoms with van der Waals surface area (Å²) in [6.07, 6.45) is 1.51. The predicted molar refractivity (Wildman–Crippen MR) is 70.2 cm³/mol. The van der Waals surface area contributed by atoms with E-state index in [1.807, 2.05) is 0 Å². The van der Waals surface area contributed by atoms with Gasteiger partial charge in [0.2, 0.25) is 0 Å². The maximum Gasteiger partial charge on any atom is 0.358 e. The first-order valence-corrected chi connectivity index (χ1v) is 6.73. The Morgan fingerprint density at radius 3 is 2.68 bits per heavy atom. The molecule has 2 heterocycles. The highest BCUT2D eigenvalue weighted by Crippen LogP contribution is 2.19. The fourth-order valence-electron chi connectivity index (χ4n) is 2.27. The van der Waals surface area contributed by atoms with Crippen LogP contribution in [-0.4, -0.2) is 75.1 Å². The third-order valence-corrected chi connectivity index (χ3v) is 3.67. The molecule has 1 aromatic rings. The molecule has 0 aliphatic carbocycles. The first-order chi connectivity index (χ1) is 9.13. The van der Waals surface area contributed by atoms with E-state index < -0.39 is 5.97 Å². The van der Waals surface area contributed by atoms with Crippen LogP contribution in [0.15, 0.2) is 6.20 Å². The third kappa shape index (κ3) is 3.30. The minimum atomic E-state index is -1.02. The summed E-state index contributed by atoms with van der Waals surface area (Å²) in [4.78, 5) is 15.5. The molecular weight excluding hydrogens is 246 g/mol. The fraction of sp³-hybridized carbons (Fsp3) is 0.750. The van der Waals surface area contributed by atoms with Crippen LogP contribution in [0, 0.1) is 0 Å². The van der Waals surface area contributed by atoms with Crippen LogP contribution in [0.2, 0.25) is 0 Å². The summed E-state index contributed by atoms with van der Waals surface area (Å²) in [7, 11) is 0. The van der Waals surface area contributed by atoms with E-state index in [-0.39, 0.29) is 11.7 Å². The minimum Gasteiger partial charge on any atom is -0.476 e. The van der Waals surface area contributed by atoms with Crippen LogP contribution in [0.25, 0.3) is 0 Å². The summed E-state index contributed by atoms with van der Waals surface area (Å²) in [5.74, 6) is -1.02. The molecule has 1 fully saturated rings. The molecule has 0 saturated carbocycles. The molecule has 1 aromatic heterocycles. The number of likely N-dealkylation sites (N-methyl/N-ethyl adjacent to an activating group) is 1. The lowest BCUT2D eigenvalue weighted by Crippen LogP contribution is -2.50. The zero-order chi connectivity index (χ0) is 13.8. The van der Waals surface area contributed by atoms with Crippen LogP contribution in [0.1, 0.15) is 30.4 Å². The Balaban J connectivity index is 1.74. The van der Waals surface area contributed by atoms with Gasteiger partial charge in [-0.3, -0.25) is 4.90 Å². The van der Waals surface area contributed by atoms with E-state index in [1.54, 1.807) is 4.68 Å². The number of rotatable bonds is 7. The minimum absolute atomic E-state index is 0.0154. The molecule has 0 bridgehead atoms. The highest BCUT2D eigenvalue weighted by molar-refractivity contribution is 5.84. The molecule has 1 aliphatic heterocycles. The van der Waals surface area contributed by atoms with Crippen molar-refractivity contribution in [1.29, 1.82) is 0 Å². The zero-order valence-electron chi connectivity index (χ0n) is 11.5. The molecule has 7 nitrogen and oxygen atoms in total. The van der Waals surface area contributed by atoms with E-state index >= 15 is 0 Å². The Labute approximate surface area is 112 Å². The van der Waals surface area contributed by atoms with Crippen molar-refractivity contribution in [2.24, 2.45) is 0 Å². The smallest absolute Gasteiger partial charge is 0.358 e. The van der Waals surface area contributed by atoms with Crippen molar-refractivity contribution < 1.29 is 9.90 Å². The van der Waals surface area contributed by atoms with Crippen molar-refractivity contribution in [2.45, 2.75) is 19.9 Å². The summed E-state index contributed by atoms with van der Waals surface area (Å²) in [5, 5.41) is 16.3. The lowest BCUT2D eigenvalue weighted by molar-refractivity contribution is 0.0689. The number of aromatic carboxylic acids is 1. The second-order valence-corrected chi connectivity index (χ2v) is 4.83. The molecule has 1 saturated heterocycles. The normalized spacial score (nSPS) is 16.8. The van der Waals surface area contributed by atoms with E-state index in [0.29, 0.717) is 0 Å². The van der Waals surface area contributed by atoms with Crippen LogP contribution in [0.3, 0.4) is 0 Å². The van der Waals surface area contributed by atoms with Gasteiger partial charge < -0.3 is 10.0 Å². The maximum absolute atomic E-state index is 10.7. The second-order valence-electron chi connectivity index (χ2n) is 4.83. The largest absolute Gasteiger partial charge is 0.476 e. The van der Waals surface area contributed by atoms with Gasteiger partial charge >= 0.3 is 5.97 Å². The standard InChI is InChI=1S/C12H21N5O2/c1-3-15(4-2)5-6-16-7-10(8-16)17-9-11(12(18)19)13-14-17/h9-10H,3-8H2,1-2H3,(H,18,19). The summed E-state index contributed by atoms with van der Waals surface area (Å²) in [6.45, 7) is 10.5. The molecule has 7 heteroatoms. The van der Waals surface area contributed by atoms with Crippen LogP contribution < -0.4 is 0 Å². The Bertz CT molecular complexity index is 424. The molecule has 1 N–H and O–H groups in total. The van der Waals surface area contributed by atoms with Crippen molar-refractivity contribution in [1.82, 2.24) is 24.8 Å². The first kappa shape index (κ1) is 14.0. The molecule has 0 amide bonds. The molecule has 0 atom stereocenters. The van der Waals surface area contributed by atoms with Gasteiger partial charge in [0.25, 0.3) is 0 Å². The van der Waals surface area contributed by atoms with Crippen LogP contribution in [0.4, 0.5) is 0 Å². The van der Waals surface area contributed by atoms with Crippen molar-refractivity contribution in [3.05, 3.63) is 11.9 Å². The second kappa shape index (κ2) is 6.12. The topological polar surface area (TPSA) is 74.5 Å². The highest BCUT2D eigenvalue weighted by atomic mass is 16.4. The number of nitrogens with zero attached hydrogens (tertiary/aromatic N) is 5. The molecule has 0 radical (unpaired) electrons. The van der Waals surface area contributed by atoms with Crippen molar-refractivity contribution >= 4 is 5.97 Å². The molecule has 0 unspecified atom stereocenters. The summed E-state index contributed by atoms with van der Waals surface area (Å²) in [5.41, 5.74) is 0.0154. The molecular formula is C12H21N5O2. The highest BCUT2D eigenvalue weighted by Gasteiger charge is 2.29. The van der Waals surface area contributed by atoms with Gasteiger partial charge in [-0.15, -0.1) is 5.10 Å². The summed E-state index contributed by atoms with van der Waals surface area (Å²) >= 11 is 0. The number of carbonyl (C=O) groups is 1. The van der Waals surface area contributed by atoms with E-state index in [0.717, 1.165) is 39.3 Å². The van der Waals surface area contributed by atoms with Gasteiger partial charge in [-0.05, 0) is 13.1 Å². The molecule has 106 valence electrons. The van der Waals surface area contributed by atoms with Crippen LogP contribution in [-0.2, 0) is 0 Å². The first-order valence-electron chi connectivity index (χ1n) is 6.73. The van der Waals surface area contributed by atoms with Gasteiger partial charge in [0, 0.05) is 26.2 Å². The van der Waals surface area contributed by atoms with Gasteiger partial charge in [-0.2, -0.15) is 0 Å². The van der Waals surface area contributed by atoms with E-state index in [1.165, 1.54) is 6.20 Å². The number of aromatic nitrogens is 3. The van der Waals surface area contributed by atoms with E-state index in [9.17, 15) is 4.79 Å². The van der Waals surface area contributed by atoms with Gasteiger partial charge in [0.15, 0.2) is 5.69 Å². The van der Waals surface area contributed by atoms with E-state index in [4.69, 9.17) is 5.11 Å². The third-order valence-electron chi connectivity index (χ3n) is 3.67. The molecule has 2 rings (SSSR count). The SMILES string of the molecule is CCN(CC)CCN1CC(n2cc(C(=O)O)nn2)C1. The Morgan fingerprint density at radius 2 is 2.16 bits per heavy atom. The quantitative estimate of drug-likeness (QED) is 0.759. The van der Waals surface area contributed by atoms with Gasteiger partial charge in [0.05, 0.1) is 12.2 Å². The van der Waals surface area contributed by atoms with Gasteiger partial charge in [-0.1, -0.05) is 19.1 Å². The molecule has 0 aromatic carbocycles.